The summed E-state index contributed by atoms with van der Waals surface area (Å²) in [5.41, 5.74) is -8.66. The molecule has 2 radical (unpaired) electrons. The van der Waals surface area contributed by atoms with Gasteiger partial charge in [0.2, 0.25) is 5.91 Å². The number of hydrogen-bond donors (Lipinski definition) is 7. The molecule has 3 fully saturated rings. The fraction of sp³-hybridized carbons (Fsp3) is 0.838. The molecule has 7 N–H and O–H groups in total. The number of carbonyl (C=O) groups is 4. The van der Waals surface area contributed by atoms with E-state index >= 15 is 0 Å². The molecule has 4 rings (SSSR count). The van der Waals surface area contributed by atoms with Crippen molar-refractivity contribution >= 4 is 23.6 Å². The number of ketones is 1. The Balaban J connectivity index is 0.00000468. The summed E-state index contributed by atoms with van der Waals surface area (Å²) in [6, 6.07) is -0.970. The number of aliphatic hydroxyl groups is 6. The number of amides is 1. The number of rotatable bonds is 7. The number of nitrogens with one attached hydrogen (secondary N) is 1. The fourth-order valence-corrected chi connectivity index (χ4v) is 9.43. The third kappa shape index (κ3) is 8.37. The zero-order valence-corrected chi connectivity index (χ0v) is 41.6. The Morgan fingerprint density at radius 2 is 1.56 bits per heavy atom. The standard InChI is InChI=1S/C37H59NO12.2Ac/c1-18-15-23(41)35(9)28(36(18,47)17-39)30(49-20(3)40)37(48)16-22(19(2)24(34(37,7)8)26(42)29(35)44)50-31(45)27(43)25(21-13-11-10-12-14-21)38-32(46)33(4,5)6;;/h18,21-23,25-28,30,39,41-43,47-48H,10-17H2,1-9H3,(H,38,46);;/t18-,22+,23+,25+,26-,27-,28+,30+,35-,36+,37-;;/m1../s1. The van der Waals surface area contributed by atoms with Crippen LogP contribution in [0.2, 0.25) is 0 Å². The second kappa shape index (κ2) is 17.5. The van der Waals surface area contributed by atoms with Crippen LogP contribution in [0.15, 0.2) is 11.1 Å². The number of aliphatic hydroxyl groups excluding tert-OH is 4. The molecule has 4 aliphatic carbocycles. The molecule has 0 aromatic carbocycles. The summed E-state index contributed by atoms with van der Waals surface area (Å²) in [4.78, 5) is 54.2. The first-order valence-electron chi connectivity index (χ1n) is 17.9. The summed E-state index contributed by atoms with van der Waals surface area (Å²) in [5, 5.41) is 73.4. The minimum atomic E-state index is -2.28. The van der Waals surface area contributed by atoms with E-state index in [1.54, 1.807) is 27.7 Å². The summed E-state index contributed by atoms with van der Waals surface area (Å²) < 4.78 is 11.8. The quantitative estimate of drug-likeness (QED) is 0.143. The van der Waals surface area contributed by atoms with Crippen molar-refractivity contribution in [1.29, 1.82) is 0 Å². The number of hydrogen-bond acceptors (Lipinski definition) is 12. The molecule has 0 aromatic heterocycles. The first-order chi connectivity index (χ1) is 22.9. The summed E-state index contributed by atoms with van der Waals surface area (Å²) in [6.45, 7) is 12.8. The molecule has 1 amide bonds. The second-order valence-corrected chi connectivity index (χ2v) is 17.2. The number of ether oxygens (including phenoxy) is 2. The van der Waals surface area contributed by atoms with Crippen molar-refractivity contribution in [1.82, 2.24) is 5.32 Å². The van der Waals surface area contributed by atoms with Crippen molar-refractivity contribution in [2.75, 3.05) is 6.61 Å². The van der Waals surface area contributed by atoms with Crippen molar-refractivity contribution < 1.29 is 147 Å². The minimum Gasteiger partial charge on any atom is -0.459 e. The van der Waals surface area contributed by atoms with Gasteiger partial charge in [0.15, 0.2) is 11.9 Å². The largest absolute Gasteiger partial charge is 0.459 e. The van der Waals surface area contributed by atoms with Crippen LogP contribution in [-0.2, 0) is 28.7 Å². The maximum Gasteiger partial charge on any atom is 0.337 e. The minimum absolute atomic E-state index is 0. The van der Waals surface area contributed by atoms with E-state index in [0.717, 1.165) is 26.2 Å². The smallest absolute Gasteiger partial charge is 0.337 e. The van der Waals surface area contributed by atoms with Gasteiger partial charge in [0, 0.05) is 118 Å². The van der Waals surface area contributed by atoms with E-state index in [-0.39, 0.29) is 118 Å². The Kier molecular flexibility index (Phi) is 16.4. The number of fused-ring (bicyclic) bond motifs is 3. The van der Waals surface area contributed by atoms with Crippen molar-refractivity contribution in [2.45, 2.75) is 155 Å². The number of carbonyl (C=O) groups excluding carboxylic acids is 4. The molecule has 0 spiro atoms. The van der Waals surface area contributed by atoms with E-state index < -0.39 is 107 Å². The monoisotopic (exact) mass is 1160 g/mol. The average molecular weight is 1160 g/mol. The van der Waals surface area contributed by atoms with Gasteiger partial charge in [0.25, 0.3) is 0 Å². The fourth-order valence-electron chi connectivity index (χ4n) is 9.43. The molecular weight excluding hydrogens is 1100 g/mol. The molecule has 0 heterocycles. The third-order valence-electron chi connectivity index (χ3n) is 12.8. The number of esters is 2. The van der Waals surface area contributed by atoms with Gasteiger partial charge in [-0.1, -0.05) is 60.8 Å². The van der Waals surface area contributed by atoms with E-state index in [9.17, 15) is 49.8 Å². The van der Waals surface area contributed by atoms with Gasteiger partial charge in [-0.2, -0.15) is 0 Å². The van der Waals surface area contributed by atoms with Crippen LogP contribution in [0, 0.1) is 122 Å². The average Bonchev–Trinajstić information content (AvgIpc) is 3.03. The zero-order chi connectivity index (χ0) is 37.9. The Morgan fingerprint density at radius 1 is 1.00 bits per heavy atom. The van der Waals surface area contributed by atoms with Crippen LogP contribution >= 0.6 is 0 Å². The summed E-state index contributed by atoms with van der Waals surface area (Å²) in [5.74, 6) is -5.95. The van der Waals surface area contributed by atoms with Gasteiger partial charge in [0.05, 0.1) is 29.8 Å². The van der Waals surface area contributed by atoms with E-state index in [2.05, 4.69) is 5.32 Å². The van der Waals surface area contributed by atoms with Crippen LogP contribution in [0.1, 0.15) is 107 Å². The second-order valence-electron chi connectivity index (χ2n) is 17.2. The normalized spacial score (nSPS) is 37.5. The summed E-state index contributed by atoms with van der Waals surface area (Å²) in [7, 11) is 0. The van der Waals surface area contributed by atoms with Crippen molar-refractivity contribution in [3.63, 3.8) is 0 Å². The van der Waals surface area contributed by atoms with Crippen LogP contribution in [0.5, 0.6) is 0 Å². The first-order valence-corrected chi connectivity index (χ1v) is 17.9. The molecule has 0 unspecified atom stereocenters. The van der Waals surface area contributed by atoms with Crippen LogP contribution in [-0.4, -0.2) is 109 Å². The molecule has 2 bridgehead atoms. The van der Waals surface area contributed by atoms with Gasteiger partial charge >= 0.3 is 11.9 Å². The number of Topliss-reactive ketones (excluding diaryl/α,β-unsaturated/α-hetero) is 1. The Bertz CT molecular complexity index is 1390. The molecule has 0 aromatic rings. The van der Waals surface area contributed by atoms with Crippen LogP contribution < -0.4 is 5.32 Å². The molecule has 11 atom stereocenters. The third-order valence-corrected chi connectivity index (χ3v) is 12.8. The topological polar surface area (TPSA) is 220 Å². The van der Waals surface area contributed by atoms with Crippen molar-refractivity contribution in [2.24, 2.45) is 34.0 Å². The van der Waals surface area contributed by atoms with Gasteiger partial charge < -0.3 is 45.4 Å². The van der Waals surface area contributed by atoms with Crippen LogP contribution in [0.3, 0.4) is 0 Å². The molecule has 52 heavy (non-hydrogen) atoms. The van der Waals surface area contributed by atoms with Gasteiger partial charge in [-0.15, -0.1) is 0 Å². The van der Waals surface area contributed by atoms with E-state index in [0.29, 0.717) is 12.8 Å². The zero-order valence-electron chi connectivity index (χ0n) is 32.1. The predicted molar refractivity (Wildman–Crippen MR) is 180 cm³/mol. The summed E-state index contributed by atoms with van der Waals surface area (Å²) >= 11 is 0. The van der Waals surface area contributed by atoms with E-state index in [1.807, 2.05) is 0 Å². The van der Waals surface area contributed by atoms with Gasteiger partial charge in [-0.25, -0.2) is 4.79 Å². The van der Waals surface area contributed by atoms with Crippen LogP contribution in [0.4, 0.5) is 0 Å². The first kappa shape index (κ1) is 48.6. The van der Waals surface area contributed by atoms with Crippen molar-refractivity contribution in [3.8, 4) is 0 Å². The molecule has 3 saturated carbocycles. The van der Waals surface area contributed by atoms with Crippen LogP contribution in [0.25, 0.3) is 0 Å². The Hall–Kier alpha value is 0.463. The van der Waals surface area contributed by atoms with Crippen molar-refractivity contribution in [3.05, 3.63) is 11.1 Å². The van der Waals surface area contributed by atoms with Gasteiger partial charge in [0.1, 0.15) is 23.9 Å². The predicted octanol–water partition coefficient (Wildman–Crippen LogP) is 1.47. The van der Waals surface area contributed by atoms with E-state index in [4.69, 9.17) is 9.47 Å². The summed E-state index contributed by atoms with van der Waals surface area (Å²) in [6.07, 6.45) is -4.90. The Labute approximate surface area is 378 Å². The molecular formula is C37H59Ac2NO12. The molecule has 290 valence electrons. The van der Waals surface area contributed by atoms with Gasteiger partial charge in [-0.05, 0) is 56.1 Å². The molecule has 15 heteroatoms. The molecule has 4 aliphatic rings. The van der Waals surface area contributed by atoms with Gasteiger partial charge in [-0.3, -0.25) is 14.4 Å². The molecule has 13 nitrogen and oxygen atoms in total. The Morgan fingerprint density at radius 3 is 2.06 bits per heavy atom. The maximum absolute atomic E-state index is 14.5. The van der Waals surface area contributed by atoms with E-state index in [1.165, 1.54) is 27.7 Å². The molecule has 0 aliphatic heterocycles. The maximum atomic E-state index is 14.5. The molecule has 0 saturated heterocycles. The SMILES string of the molecule is CC(=O)O[C@H]1[C@@H]2[C@](O)(CO)[C@H](C)C[C@H](O)[C@@]2(C)C(=O)[C@H](O)C2=C(C)[C@@H](OC(=O)[C@H](O)[C@@H](NC(=O)C(C)(C)C)C3CCCCC3)C[C@]1(O)C2(C)C.[Ac].[Ac].